The number of benzene rings is 3. The molecule has 0 unspecified atom stereocenters. The summed E-state index contributed by atoms with van der Waals surface area (Å²) >= 11 is 0. The number of aryl methyl sites for hydroxylation is 1. The number of para-hydroxylation sites is 2. The highest BCUT2D eigenvalue weighted by Crippen LogP contribution is 2.22. The summed E-state index contributed by atoms with van der Waals surface area (Å²) in [6.07, 6.45) is 0. The molecular formula is C24H23N5O6S2. The normalized spacial score (nSPS) is 12.5. The van der Waals surface area contributed by atoms with Crippen LogP contribution in [0.4, 0.5) is 11.4 Å². The van der Waals surface area contributed by atoms with Gasteiger partial charge in [0.1, 0.15) is 0 Å². The molecule has 11 nitrogen and oxygen atoms in total. The number of nitrogens with zero attached hydrogens (tertiary/aromatic N) is 3. The van der Waals surface area contributed by atoms with E-state index in [9.17, 15) is 26.4 Å². The molecule has 2 amide bonds. The van der Waals surface area contributed by atoms with Gasteiger partial charge in [-0.2, -0.15) is 12.4 Å². The van der Waals surface area contributed by atoms with E-state index in [0.29, 0.717) is 16.9 Å². The molecule has 1 aromatic heterocycles. The number of rotatable bonds is 6. The van der Waals surface area contributed by atoms with Gasteiger partial charge in [0.2, 0.25) is 17.4 Å². The monoisotopic (exact) mass is 541 g/mol. The number of carbonyl (C=O) groups excluding carboxylic acids is 2. The molecule has 0 aliphatic rings. The Bertz CT molecular complexity index is 1800. The second-order valence-electron chi connectivity index (χ2n) is 8.09. The molecule has 1 heterocycles. The van der Waals surface area contributed by atoms with Crippen molar-refractivity contribution >= 4 is 54.3 Å². The molecule has 3 aromatic carbocycles. The summed E-state index contributed by atoms with van der Waals surface area (Å²) in [5.41, 5.74) is 1.14. The third kappa shape index (κ3) is 5.17. The molecule has 13 heteroatoms. The highest BCUT2D eigenvalue weighted by molar-refractivity contribution is 7.90. The summed E-state index contributed by atoms with van der Waals surface area (Å²) in [6, 6.07) is 17.4. The van der Waals surface area contributed by atoms with Crippen molar-refractivity contribution in [2.75, 3.05) is 10.6 Å². The van der Waals surface area contributed by atoms with Crippen molar-refractivity contribution in [3.63, 3.8) is 0 Å². The molecule has 0 saturated carbocycles. The van der Waals surface area contributed by atoms with Gasteiger partial charge in [0.05, 0.1) is 20.8 Å². The minimum Gasteiger partial charge on any atom is -0.326 e. The predicted octanol–water partition coefficient (Wildman–Crippen LogP) is 2.42. The van der Waals surface area contributed by atoms with Crippen molar-refractivity contribution in [3.8, 4) is 0 Å². The van der Waals surface area contributed by atoms with Crippen LogP contribution in [0.15, 0.2) is 87.0 Å². The van der Waals surface area contributed by atoms with Gasteiger partial charge in [-0.05, 0) is 60.7 Å². The molecule has 0 aliphatic carbocycles. The van der Waals surface area contributed by atoms with Crippen LogP contribution in [0.5, 0.6) is 0 Å². The van der Waals surface area contributed by atoms with E-state index in [4.69, 9.17) is 0 Å². The summed E-state index contributed by atoms with van der Waals surface area (Å²) in [7, 11) is -7.16. The van der Waals surface area contributed by atoms with Gasteiger partial charge in [0.15, 0.2) is 0 Å². The number of hydrogen-bond donors (Lipinski definition) is 2. The molecule has 0 bridgehead atoms. The molecule has 0 aliphatic heterocycles. The molecule has 192 valence electrons. The summed E-state index contributed by atoms with van der Waals surface area (Å²) in [5.74, 6) is -0.623. The van der Waals surface area contributed by atoms with Crippen LogP contribution in [0.2, 0.25) is 0 Å². The minimum absolute atomic E-state index is 0.128. The maximum Gasteiger partial charge on any atom is 0.285 e. The Balaban J connectivity index is 1.91. The Morgan fingerprint density at radius 1 is 0.703 bits per heavy atom. The van der Waals surface area contributed by atoms with Gasteiger partial charge in [0, 0.05) is 32.3 Å². The zero-order valence-corrected chi connectivity index (χ0v) is 21.7. The molecule has 0 radical (unpaired) electrons. The van der Waals surface area contributed by atoms with E-state index in [1.807, 2.05) is 0 Å². The number of amides is 2. The summed E-state index contributed by atoms with van der Waals surface area (Å²) in [6.45, 7) is 2.66. The van der Waals surface area contributed by atoms with Gasteiger partial charge in [-0.25, -0.2) is 8.42 Å². The number of nitrogens with one attached hydrogen (secondary N) is 2. The lowest BCUT2D eigenvalue weighted by molar-refractivity contribution is -0.115. The number of carbonyl (C=O) groups is 2. The topological polar surface area (TPSA) is 149 Å². The quantitative estimate of drug-likeness (QED) is 0.383. The lowest BCUT2D eigenvalue weighted by atomic mass is 10.3. The van der Waals surface area contributed by atoms with Crippen molar-refractivity contribution in [2.45, 2.75) is 23.6 Å². The van der Waals surface area contributed by atoms with Crippen molar-refractivity contribution in [3.05, 3.63) is 78.4 Å². The molecular weight excluding hydrogens is 518 g/mol. The maximum absolute atomic E-state index is 13.8. The average molecular weight is 542 g/mol. The first kappa shape index (κ1) is 25.9. The van der Waals surface area contributed by atoms with Crippen molar-refractivity contribution in [1.29, 1.82) is 0 Å². The van der Waals surface area contributed by atoms with Crippen LogP contribution >= 0.6 is 0 Å². The molecule has 0 fully saturated rings. The maximum atomic E-state index is 13.8. The Hall–Kier alpha value is -4.23. The SMILES string of the molecule is CC(=O)Nc1ccc(S(=O)(=O)/N=c2\n(C)c3ccccc3n2S(=O)(=O)c2ccc(NC(C)=O)cc2)cc1. The number of fused-ring (bicyclic) bond motifs is 1. The minimum atomic E-state index is -4.36. The number of sulfonamides is 1. The van der Waals surface area contributed by atoms with Crippen LogP contribution in [-0.4, -0.2) is 37.2 Å². The van der Waals surface area contributed by atoms with E-state index in [1.165, 1.54) is 74.0 Å². The van der Waals surface area contributed by atoms with Crippen LogP contribution in [0.25, 0.3) is 11.0 Å². The zero-order chi connectivity index (χ0) is 27.0. The van der Waals surface area contributed by atoms with Crippen LogP contribution in [0, 0.1) is 0 Å². The molecule has 4 aromatic rings. The first-order chi connectivity index (χ1) is 17.4. The summed E-state index contributed by atoms with van der Waals surface area (Å²) in [5, 5.41) is 5.11. The molecule has 4 rings (SSSR count). The smallest absolute Gasteiger partial charge is 0.285 e. The predicted molar refractivity (Wildman–Crippen MR) is 138 cm³/mol. The Morgan fingerprint density at radius 3 is 1.65 bits per heavy atom. The van der Waals surface area contributed by atoms with E-state index in [-0.39, 0.29) is 32.7 Å². The fourth-order valence-corrected chi connectivity index (χ4v) is 6.24. The fraction of sp³-hybridized carbons (Fsp3) is 0.125. The third-order valence-corrected chi connectivity index (χ3v) is 8.31. The first-order valence-electron chi connectivity index (χ1n) is 10.9. The fourth-order valence-electron chi connectivity index (χ4n) is 3.70. The van der Waals surface area contributed by atoms with Crippen LogP contribution in [-0.2, 0) is 36.7 Å². The van der Waals surface area contributed by atoms with Gasteiger partial charge < -0.3 is 15.2 Å². The lowest BCUT2D eigenvalue weighted by Gasteiger charge is -2.09. The van der Waals surface area contributed by atoms with E-state index >= 15 is 0 Å². The van der Waals surface area contributed by atoms with Gasteiger partial charge in [-0.3, -0.25) is 9.59 Å². The standard InChI is InChI=1S/C24H23N5O6S2/c1-16(30)25-18-8-12-20(13-9-18)36(32,33)27-24-28(3)22-6-4-5-7-23(22)29(24)37(34,35)21-14-10-19(11-15-21)26-17(2)31/h4-15H,1-3H3,(H,25,30)(H,26,31)/b27-24+. The Morgan fingerprint density at radius 2 is 1.16 bits per heavy atom. The molecule has 2 N–H and O–H groups in total. The van der Waals surface area contributed by atoms with E-state index in [1.54, 1.807) is 24.3 Å². The number of hydrogen-bond acceptors (Lipinski definition) is 6. The van der Waals surface area contributed by atoms with E-state index in [2.05, 4.69) is 15.0 Å². The molecule has 0 spiro atoms. The van der Waals surface area contributed by atoms with E-state index < -0.39 is 20.0 Å². The van der Waals surface area contributed by atoms with Crippen molar-refractivity contribution in [1.82, 2.24) is 8.54 Å². The highest BCUT2D eigenvalue weighted by atomic mass is 32.2. The van der Waals surface area contributed by atoms with Gasteiger partial charge in [-0.1, -0.05) is 12.1 Å². The van der Waals surface area contributed by atoms with E-state index in [0.717, 1.165) is 3.97 Å². The molecule has 37 heavy (non-hydrogen) atoms. The average Bonchev–Trinajstić information content (AvgIpc) is 3.10. The van der Waals surface area contributed by atoms with Gasteiger partial charge in [-0.15, -0.1) is 4.40 Å². The van der Waals surface area contributed by atoms with Crippen LogP contribution in [0.3, 0.4) is 0 Å². The second-order valence-corrected chi connectivity index (χ2v) is 11.5. The van der Waals surface area contributed by atoms with Crippen molar-refractivity contribution in [2.24, 2.45) is 11.4 Å². The third-order valence-electron chi connectivity index (χ3n) is 5.33. The van der Waals surface area contributed by atoms with Crippen LogP contribution < -0.4 is 16.3 Å². The Labute approximate surface area is 213 Å². The second kappa shape index (κ2) is 9.67. The first-order valence-corrected chi connectivity index (χ1v) is 13.8. The van der Waals surface area contributed by atoms with Crippen molar-refractivity contribution < 1.29 is 26.4 Å². The summed E-state index contributed by atoms with van der Waals surface area (Å²) < 4.78 is 60.1. The van der Waals surface area contributed by atoms with Gasteiger partial charge >= 0.3 is 0 Å². The van der Waals surface area contributed by atoms with Gasteiger partial charge in [0.25, 0.3) is 20.0 Å². The number of aromatic nitrogens is 2. The largest absolute Gasteiger partial charge is 0.326 e. The lowest BCUT2D eigenvalue weighted by Crippen LogP contribution is -2.31. The molecule has 0 atom stereocenters. The number of anilines is 2. The summed E-state index contributed by atoms with van der Waals surface area (Å²) in [4.78, 5) is 22.2. The molecule has 0 saturated heterocycles. The Kier molecular flexibility index (Phi) is 6.76. The number of imidazole rings is 1. The zero-order valence-electron chi connectivity index (χ0n) is 20.0. The highest BCUT2D eigenvalue weighted by Gasteiger charge is 2.25. The van der Waals surface area contributed by atoms with Crippen LogP contribution in [0.1, 0.15) is 13.8 Å².